The Morgan fingerprint density at radius 3 is 2.23 bits per heavy atom. The molecule has 0 aliphatic rings. The molecule has 0 spiro atoms. The van der Waals surface area contributed by atoms with Gasteiger partial charge in [-0.15, -0.1) is 5.75 Å². The SMILES string of the molecule is O=S(=O)(O)c1ccc([O-])cc1O.[K+]. The molecule has 0 atom stereocenters. The molecule has 0 aromatic heterocycles. The fourth-order valence-electron chi connectivity index (χ4n) is 0.715. The van der Waals surface area contributed by atoms with Crippen molar-refractivity contribution in [1.82, 2.24) is 0 Å². The Bertz CT molecular complexity index is 399. The van der Waals surface area contributed by atoms with Gasteiger partial charge in [0.2, 0.25) is 0 Å². The zero-order valence-corrected chi connectivity index (χ0v) is 10.7. The van der Waals surface area contributed by atoms with E-state index in [1.807, 2.05) is 0 Å². The van der Waals surface area contributed by atoms with Gasteiger partial charge in [0, 0.05) is 0 Å². The first-order chi connectivity index (χ1) is 5.41. The summed E-state index contributed by atoms with van der Waals surface area (Å²) in [5.41, 5.74) is 0. The van der Waals surface area contributed by atoms with Crippen molar-refractivity contribution in [2.45, 2.75) is 4.90 Å². The molecule has 0 saturated heterocycles. The van der Waals surface area contributed by atoms with E-state index in [2.05, 4.69) is 0 Å². The van der Waals surface area contributed by atoms with E-state index in [1.54, 1.807) is 0 Å². The summed E-state index contributed by atoms with van der Waals surface area (Å²) in [6, 6.07) is 2.49. The van der Waals surface area contributed by atoms with Crippen LogP contribution in [0.2, 0.25) is 0 Å². The monoisotopic (exact) mass is 228 g/mol. The van der Waals surface area contributed by atoms with Crippen LogP contribution in [0, 0.1) is 0 Å². The third kappa shape index (κ3) is 3.54. The van der Waals surface area contributed by atoms with Crippen LogP contribution in [0.15, 0.2) is 23.1 Å². The quantitative estimate of drug-likeness (QED) is 0.388. The molecule has 0 fully saturated rings. The molecule has 0 aliphatic heterocycles. The maximum Gasteiger partial charge on any atom is 1.00 e. The molecule has 0 heterocycles. The zero-order valence-electron chi connectivity index (χ0n) is 6.76. The molecule has 0 amide bonds. The molecule has 13 heavy (non-hydrogen) atoms. The van der Waals surface area contributed by atoms with Crippen LogP contribution >= 0.6 is 0 Å². The van der Waals surface area contributed by atoms with Crippen molar-refractivity contribution in [2.75, 3.05) is 0 Å². The van der Waals surface area contributed by atoms with E-state index < -0.39 is 26.5 Å². The van der Waals surface area contributed by atoms with Crippen molar-refractivity contribution in [3.8, 4) is 11.5 Å². The summed E-state index contributed by atoms with van der Waals surface area (Å²) in [6.07, 6.45) is 0. The Morgan fingerprint density at radius 1 is 1.31 bits per heavy atom. The smallest absolute Gasteiger partial charge is 0.872 e. The molecule has 7 heteroatoms. The van der Waals surface area contributed by atoms with Gasteiger partial charge in [0.05, 0.1) is 0 Å². The van der Waals surface area contributed by atoms with Gasteiger partial charge in [-0.3, -0.25) is 4.55 Å². The number of hydrogen-bond donors (Lipinski definition) is 2. The number of benzene rings is 1. The Morgan fingerprint density at radius 2 is 1.85 bits per heavy atom. The summed E-state index contributed by atoms with van der Waals surface area (Å²) in [4.78, 5) is -0.665. The summed E-state index contributed by atoms with van der Waals surface area (Å²) in [5.74, 6) is -1.27. The van der Waals surface area contributed by atoms with Crippen LogP contribution in [-0.2, 0) is 10.1 Å². The average Bonchev–Trinajstić information content (AvgIpc) is 1.83. The summed E-state index contributed by atoms with van der Waals surface area (Å²) < 4.78 is 29.4. The van der Waals surface area contributed by atoms with Crippen LogP contribution in [0.5, 0.6) is 11.5 Å². The van der Waals surface area contributed by atoms with E-state index in [-0.39, 0.29) is 51.4 Å². The van der Waals surface area contributed by atoms with Gasteiger partial charge < -0.3 is 10.2 Å². The number of aromatic hydroxyl groups is 1. The van der Waals surface area contributed by atoms with Crippen LogP contribution in [0.25, 0.3) is 0 Å². The summed E-state index contributed by atoms with van der Waals surface area (Å²) in [6.45, 7) is 0. The molecule has 0 aliphatic carbocycles. The van der Waals surface area contributed by atoms with Crippen molar-refractivity contribution in [3.05, 3.63) is 18.2 Å². The molecule has 66 valence electrons. The van der Waals surface area contributed by atoms with Crippen molar-refractivity contribution in [2.24, 2.45) is 0 Å². The fourth-order valence-corrected chi connectivity index (χ4v) is 1.28. The van der Waals surface area contributed by atoms with E-state index in [0.717, 1.165) is 12.1 Å². The van der Waals surface area contributed by atoms with Crippen molar-refractivity contribution < 1.29 is 74.6 Å². The molecule has 1 aromatic rings. The maximum atomic E-state index is 10.5. The molecule has 5 nitrogen and oxygen atoms in total. The van der Waals surface area contributed by atoms with Gasteiger partial charge in [-0.1, -0.05) is 6.07 Å². The van der Waals surface area contributed by atoms with Gasteiger partial charge in [0.1, 0.15) is 10.6 Å². The minimum atomic E-state index is -4.44. The molecule has 0 saturated carbocycles. The first-order valence-corrected chi connectivity index (χ1v) is 4.33. The third-order valence-corrected chi connectivity index (χ3v) is 2.11. The normalized spacial score (nSPS) is 10.5. The second-order valence-electron chi connectivity index (χ2n) is 2.10. The summed E-state index contributed by atoms with van der Waals surface area (Å²) >= 11 is 0. The van der Waals surface area contributed by atoms with Crippen molar-refractivity contribution in [1.29, 1.82) is 0 Å². The number of phenolic OH excluding ortho intramolecular Hbond substituents is 1. The summed E-state index contributed by atoms with van der Waals surface area (Å²) in [5, 5.41) is 19.4. The van der Waals surface area contributed by atoms with E-state index >= 15 is 0 Å². The van der Waals surface area contributed by atoms with Crippen LogP contribution in [0.3, 0.4) is 0 Å². The number of phenols is 1. The molecule has 1 rings (SSSR count). The molecule has 1 aromatic carbocycles. The van der Waals surface area contributed by atoms with E-state index in [9.17, 15) is 13.5 Å². The first-order valence-electron chi connectivity index (χ1n) is 2.89. The van der Waals surface area contributed by atoms with Crippen molar-refractivity contribution >= 4 is 10.1 Å². The van der Waals surface area contributed by atoms with E-state index in [4.69, 9.17) is 9.66 Å². The van der Waals surface area contributed by atoms with Crippen LogP contribution in [0.4, 0.5) is 0 Å². The molecule has 0 radical (unpaired) electrons. The maximum absolute atomic E-state index is 10.5. The zero-order chi connectivity index (χ0) is 9.35. The second-order valence-corrected chi connectivity index (χ2v) is 3.49. The van der Waals surface area contributed by atoms with Crippen molar-refractivity contribution in [3.63, 3.8) is 0 Å². The fraction of sp³-hybridized carbons (Fsp3) is 0. The third-order valence-electron chi connectivity index (χ3n) is 1.21. The molecular formula is C6H5KO5S. The Labute approximate surface area is 118 Å². The van der Waals surface area contributed by atoms with Crippen LogP contribution in [0.1, 0.15) is 0 Å². The van der Waals surface area contributed by atoms with E-state index in [0.29, 0.717) is 6.07 Å². The topological polar surface area (TPSA) is 97.7 Å². The first kappa shape index (κ1) is 13.4. The van der Waals surface area contributed by atoms with Gasteiger partial charge in [-0.25, -0.2) is 0 Å². The Hall–Kier alpha value is 0.366. The number of rotatable bonds is 1. The van der Waals surface area contributed by atoms with Gasteiger partial charge >= 0.3 is 51.4 Å². The average molecular weight is 228 g/mol. The number of hydrogen-bond acceptors (Lipinski definition) is 4. The molecule has 0 bridgehead atoms. The largest absolute Gasteiger partial charge is 1.00 e. The summed E-state index contributed by atoms with van der Waals surface area (Å²) in [7, 11) is -4.44. The molecular weight excluding hydrogens is 223 g/mol. The van der Waals surface area contributed by atoms with Gasteiger partial charge in [-0.2, -0.15) is 8.42 Å². The van der Waals surface area contributed by atoms with Crippen LogP contribution in [-0.4, -0.2) is 18.1 Å². The Kier molecular flexibility index (Phi) is 4.87. The minimum absolute atomic E-state index is 0. The molecule has 0 unspecified atom stereocenters. The predicted molar refractivity (Wildman–Crippen MR) is 37.4 cm³/mol. The minimum Gasteiger partial charge on any atom is -0.872 e. The van der Waals surface area contributed by atoms with Gasteiger partial charge in [0.25, 0.3) is 10.1 Å². The van der Waals surface area contributed by atoms with Crippen LogP contribution < -0.4 is 56.5 Å². The van der Waals surface area contributed by atoms with Gasteiger partial charge in [0.15, 0.2) is 0 Å². The predicted octanol–water partition coefficient (Wildman–Crippen LogP) is -3.28. The van der Waals surface area contributed by atoms with Gasteiger partial charge in [-0.05, 0) is 12.1 Å². The van der Waals surface area contributed by atoms with E-state index in [1.165, 1.54) is 0 Å². The second kappa shape index (κ2) is 4.74. The Balaban J connectivity index is 0.00000144. The standard InChI is InChI=1S/C6H6O5S.K/c7-4-1-2-6(5(8)3-4)12(9,10)11;/h1-3,7-8H,(H,9,10,11);/q;+1/p-1. The molecule has 2 N–H and O–H groups in total.